The number of anilines is 2. The highest BCUT2D eigenvalue weighted by Crippen LogP contribution is 2.48. The zero-order chi connectivity index (χ0) is 29.6. The van der Waals surface area contributed by atoms with Crippen LogP contribution in [0, 0.1) is 5.92 Å². The summed E-state index contributed by atoms with van der Waals surface area (Å²) in [6, 6.07) is 42.4. The lowest BCUT2D eigenvalue weighted by molar-refractivity contribution is 0.724. The number of hydrogen-bond donors (Lipinski definition) is 1. The Morgan fingerprint density at radius 3 is 2.24 bits per heavy atom. The minimum atomic E-state index is 0.600. The third-order valence-corrected chi connectivity index (χ3v) is 11.8. The van der Waals surface area contributed by atoms with Gasteiger partial charge < -0.3 is 9.88 Å². The zero-order valence-corrected chi connectivity index (χ0v) is 26.3. The fourth-order valence-corrected chi connectivity index (χ4v) is 9.95. The summed E-state index contributed by atoms with van der Waals surface area (Å²) in [5.41, 5.74) is 7.43. The van der Waals surface area contributed by atoms with Crippen molar-refractivity contribution in [1.29, 1.82) is 0 Å². The van der Waals surface area contributed by atoms with Gasteiger partial charge >= 0.3 is 0 Å². The molecule has 3 aromatic heterocycles. The van der Waals surface area contributed by atoms with Crippen molar-refractivity contribution in [1.82, 2.24) is 4.57 Å². The Morgan fingerprint density at radius 2 is 1.38 bits per heavy atom. The molecule has 9 aromatic rings. The van der Waals surface area contributed by atoms with Crippen molar-refractivity contribution in [2.24, 2.45) is 5.92 Å². The minimum absolute atomic E-state index is 0.600. The summed E-state index contributed by atoms with van der Waals surface area (Å²) in [7, 11) is 0. The molecule has 0 amide bonds. The quantitative estimate of drug-likeness (QED) is 0.210. The molecule has 4 heteroatoms. The van der Waals surface area contributed by atoms with E-state index in [1.807, 2.05) is 22.7 Å². The van der Waals surface area contributed by atoms with Crippen LogP contribution in [0.15, 0.2) is 121 Å². The maximum Gasteiger partial charge on any atom is 0.0726 e. The predicted octanol–water partition coefficient (Wildman–Crippen LogP) is 12.5. The fraction of sp³-hybridized carbons (Fsp3) is 0.0732. The first kappa shape index (κ1) is 25.4. The van der Waals surface area contributed by atoms with E-state index >= 15 is 0 Å². The summed E-state index contributed by atoms with van der Waals surface area (Å²) in [4.78, 5) is 1.41. The number of hydrogen-bond acceptors (Lipinski definition) is 3. The van der Waals surface area contributed by atoms with E-state index in [1.165, 1.54) is 79.0 Å². The molecule has 214 valence electrons. The molecule has 0 aliphatic heterocycles. The average molecular weight is 613 g/mol. The van der Waals surface area contributed by atoms with Gasteiger partial charge in [-0.15, -0.1) is 22.7 Å². The SMILES string of the molecule is CC1C=Cc2sc3cc(Nc4ccc5c(c4)c4c6ccccc6c6c7ccccc7sc6c4n5-c4ccccc4)ccc3c2C1. The first-order valence-corrected chi connectivity index (χ1v) is 17.2. The Balaban J connectivity index is 1.24. The van der Waals surface area contributed by atoms with Crippen LogP contribution in [0.3, 0.4) is 0 Å². The molecule has 1 aliphatic carbocycles. The largest absolute Gasteiger partial charge is 0.355 e. The second-order valence-electron chi connectivity index (χ2n) is 12.3. The van der Waals surface area contributed by atoms with Gasteiger partial charge in [0.2, 0.25) is 0 Å². The Labute approximate surface area is 268 Å². The van der Waals surface area contributed by atoms with Gasteiger partial charge in [-0.05, 0) is 88.7 Å². The van der Waals surface area contributed by atoms with Crippen molar-refractivity contribution in [3.8, 4) is 5.69 Å². The molecule has 45 heavy (non-hydrogen) atoms. The smallest absolute Gasteiger partial charge is 0.0726 e. The van der Waals surface area contributed by atoms with Crippen molar-refractivity contribution in [2.75, 3.05) is 5.32 Å². The number of nitrogens with one attached hydrogen (secondary N) is 1. The molecule has 0 fully saturated rings. The number of nitrogens with zero attached hydrogens (tertiary/aromatic N) is 1. The first-order chi connectivity index (χ1) is 22.2. The molecular weight excluding hydrogens is 585 g/mol. The van der Waals surface area contributed by atoms with Gasteiger partial charge in [0.1, 0.15) is 0 Å². The lowest BCUT2D eigenvalue weighted by Crippen LogP contribution is -2.00. The van der Waals surface area contributed by atoms with E-state index in [1.54, 1.807) is 0 Å². The molecule has 1 aliphatic rings. The first-order valence-electron chi connectivity index (χ1n) is 15.6. The van der Waals surface area contributed by atoms with Gasteiger partial charge in [0.25, 0.3) is 0 Å². The lowest BCUT2D eigenvalue weighted by Gasteiger charge is -2.12. The highest BCUT2D eigenvalue weighted by Gasteiger charge is 2.22. The van der Waals surface area contributed by atoms with E-state index in [2.05, 4.69) is 144 Å². The molecule has 2 nitrogen and oxygen atoms in total. The van der Waals surface area contributed by atoms with Gasteiger partial charge in [0.15, 0.2) is 0 Å². The number of fused-ring (bicyclic) bond motifs is 13. The molecule has 0 saturated carbocycles. The van der Waals surface area contributed by atoms with Crippen LogP contribution < -0.4 is 5.32 Å². The molecule has 3 heterocycles. The van der Waals surface area contributed by atoms with E-state index in [0.29, 0.717) is 5.92 Å². The molecule has 0 spiro atoms. The van der Waals surface area contributed by atoms with Crippen molar-refractivity contribution >= 4 is 103 Å². The number of aromatic nitrogens is 1. The summed E-state index contributed by atoms with van der Waals surface area (Å²) in [6.07, 6.45) is 5.78. The maximum atomic E-state index is 3.78. The Hall–Kier alpha value is -4.90. The van der Waals surface area contributed by atoms with Gasteiger partial charge in [0, 0.05) is 52.9 Å². The van der Waals surface area contributed by atoms with Gasteiger partial charge in [0.05, 0.1) is 15.7 Å². The van der Waals surface area contributed by atoms with Crippen molar-refractivity contribution in [2.45, 2.75) is 13.3 Å². The summed E-state index contributed by atoms with van der Waals surface area (Å²) < 4.78 is 6.50. The predicted molar refractivity (Wildman–Crippen MR) is 198 cm³/mol. The van der Waals surface area contributed by atoms with Gasteiger partial charge in [-0.1, -0.05) is 79.7 Å². The second-order valence-corrected chi connectivity index (χ2v) is 14.4. The molecule has 10 rings (SSSR count). The zero-order valence-electron chi connectivity index (χ0n) is 24.7. The average Bonchev–Trinajstić information content (AvgIpc) is 3.74. The van der Waals surface area contributed by atoms with Crippen molar-refractivity contribution in [3.05, 3.63) is 132 Å². The lowest BCUT2D eigenvalue weighted by atomic mass is 9.94. The molecule has 1 N–H and O–H groups in total. The summed E-state index contributed by atoms with van der Waals surface area (Å²) in [5, 5.41) is 13.1. The molecule has 6 aromatic carbocycles. The summed E-state index contributed by atoms with van der Waals surface area (Å²) in [6.45, 7) is 2.30. The Bertz CT molecular complexity index is 2670. The summed E-state index contributed by atoms with van der Waals surface area (Å²) in [5.74, 6) is 0.600. The Kier molecular flexibility index (Phi) is 5.40. The van der Waals surface area contributed by atoms with Gasteiger partial charge in [-0.2, -0.15) is 0 Å². The van der Waals surface area contributed by atoms with E-state index in [-0.39, 0.29) is 0 Å². The van der Waals surface area contributed by atoms with Gasteiger partial charge in [-0.3, -0.25) is 0 Å². The van der Waals surface area contributed by atoms with Crippen molar-refractivity contribution < 1.29 is 0 Å². The number of allylic oxidation sites excluding steroid dienone is 1. The minimum Gasteiger partial charge on any atom is -0.355 e. The third-order valence-electron chi connectivity index (χ3n) is 9.47. The maximum absolute atomic E-state index is 3.78. The van der Waals surface area contributed by atoms with Crippen LogP contribution in [0.2, 0.25) is 0 Å². The number of benzene rings is 6. The van der Waals surface area contributed by atoms with E-state index in [4.69, 9.17) is 0 Å². The topological polar surface area (TPSA) is 17.0 Å². The molecule has 0 bridgehead atoms. The van der Waals surface area contributed by atoms with Crippen LogP contribution in [-0.4, -0.2) is 4.57 Å². The van der Waals surface area contributed by atoms with Crippen LogP contribution >= 0.6 is 22.7 Å². The number of para-hydroxylation sites is 1. The fourth-order valence-electron chi connectivity index (χ4n) is 7.50. The number of rotatable bonds is 3. The standard InChI is InChI=1S/C41H28N2S2/c1-24-15-20-36-32(21-24)28-18-16-26(23-37(28)44-36)42-25-17-19-34-33(22-25)38-29-11-5-6-12-30(29)39-31-13-7-8-14-35(31)45-41(39)40(38)43(34)27-9-3-2-4-10-27/h2-20,22-24,42H,21H2,1H3. The number of thiophene rings is 2. The van der Waals surface area contributed by atoms with Crippen LogP contribution in [0.25, 0.3) is 74.6 Å². The normalized spacial score (nSPS) is 14.8. The molecule has 0 radical (unpaired) electrons. The molecule has 0 saturated heterocycles. The van der Waals surface area contributed by atoms with Gasteiger partial charge in [-0.25, -0.2) is 0 Å². The Morgan fingerprint density at radius 1 is 0.644 bits per heavy atom. The van der Waals surface area contributed by atoms with E-state index < -0.39 is 0 Å². The third kappa shape index (κ3) is 3.73. The molecule has 1 unspecified atom stereocenters. The van der Waals surface area contributed by atoms with Crippen LogP contribution in [-0.2, 0) is 6.42 Å². The van der Waals surface area contributed by atoms with Crippen molar-refractivity contribution in [3.63, 3.8) is 0 Å². The monoisotopic (exact) mass is 612 g/mol. The summed E-state index contributed by atoms with van der Waals surface area (Å²) >= 11 is 3.82. The molecule has 1 atom stereocenters. The highest BCUT2D eigenvalue weighted by molar-refractivity contribution is 7.27. The van der Waals surface area contributed by atoms with Crippen LogP contribution in [0.5, 0.6) is 0 Å². The van der Waals surface area contributed by atoms with Crippen LogP contribution in [0.4, 0.5) is 11.4 Å². The van der Waals surface area contributed by atoms with Crippen LogP contribution in [0.1, 0.15) is 17.4 Å². The molecular formula is C41H28N2S2. The second kappa shape index (κ2) is 9.55. The van der Waals surface area contributed by atoms with E-state index in [0.717, 1.165) is 17.8 Å². The highest BCUT2D eigenvalue weighted by atomic mass is 32.1. The van der Waals surface area contributed by atoms with E-state index in [9.17, 15) is 0 Å².